The maximum atomic E-state index is 5.76. The summed E-state index contributed by atoms with van der Waals surface area (Å²) in [5, 5.41) is 8.32. The Hall–Kier alpha value is -2.11. The van der Waals surface area contributed by atoms with Gasteiger partial charge in [0, 0.05) is 11.9 Å². The van der Waals surface area contributed by atoms with Crippen LogP contribution in [0.15, 0.2) is 53.8 Å². The Bertz CT molecular complexity index is 753. The molecule has 3 rings (SSSR count). The lowest BCUT2D eigenvalue weighted by atomic mass is 10.2. The van der Waals surface area contributed by atoms with Gasteiger partial charge in [-0.1, -0.05) is 65.8 Å². The van der Waals surface area contributed by atoms with Crippen molar-refractivity contribution in [1.29, 1.82) is 0 Å². The number of benzene rings is 1. The Labute approximate surface area is 137 Å². The van der Waals surface area contributed by atoms with Gasteiger partial charge in [0.25, 0.3) is 0 Å². The van der Waals surface area contributed by atoms with Crippen LogP contribution in [-0.4, -0.2) is 20.2 Å². The van der Waals surface area contributed by atoms with E-state index >= 15 is 0 Å². The van der Waals surface area contributed by atoms with Crippen molar-refractivity contribution in [2.24, 2.45) is 0 Å². The molecular weight excluding hydrogens is 316 g/mol. The number of nitrogens with one attached hydrogen (secondary N) is 1. The summed E-state index contributed by atoms with van der Waals surface area (Å²) in [4.78, 5) is 8.47. The van der Waals surface area contributed by atoms with E-state index in [9.17, 15) is 0 Å². The summed E-state index contributed by atoms with van der Waals surface area (Å²) < 4.78 is 0. The first-order valence-corrected chi connectivity index (χ1v) is 8.05. The van der Waals surface area contributed by atoms with Gasteiger partial charge in [0.15, 0.2) is 0 Å². The van der Waals surface area contributed by atoms with Gasteiger partial charge in [-0.3, -0.25) is 5.10 Å². The molecule has 3 aromatic rings. The second-order valence-corrected chi connectivity index (χ2v) is 5.85. The van der Waals surface area contributed by atoms with Gasteiger partial charge in [0.2, 0.25) is 5.16 Å². The number of hydrogen-bond acceptors (Lipinski definition) is 4. The van der Waals surface area contributed by atoms with Gasteiger partial charge < -0.3 is 0 Å². The minimum atomic E-state index is 0.500. The minimum absolute atomic E-state index is 0.500. The number of hydrogen-bond donors (Lipinski definition) is 1. The van der Waals surface area contributed by atoms with Crippen LogP contribution in [0.3, 0.4) is 0 Å². The molecule has 0 aliphatic heterocycles. The second-order valence-electron chi connectivity index (χ2n) is 4.53. The van der Waals surface area contributed by atoms with E-state index < -0.39 is 0 Å². The number of rotatable bonds is 5. The maximum Gasteiger partial charge on any atom is 0.209 e. The predicted molar refractivity (Wildman–Crippen MR) is 90.6 cm³/mol. The normalized spacial score (nSPS) is 11.1. The number of aromatic nitrogens is 4. The molecule has 6 heteroatoms. The van der Waals surface area contributed by atoms with Gasteiger partial charge in [-0.2, -0.15) is 0 Å². The molecule has 0 aliphatic rings. The minimum Gasteiger partial charge on any atom is -0.259 e. The Kier molecular flexibility index (Phi) is 4.88. The number of aromatic amines is 1. The molecule has 110 valence electrons. The quantitative estimate of drug-likeness (QED) is 0.560. The first-order valence-electron chi connectivity index (χ1n) is 6.68. The molecule has 1 aromatic carbocycles. The molecule has 0 aliphatic carbocycles. The highest BCUT2D eigenvalue weighted by molar-refractivity contribution is 7.98. The average molecular weight is 329 g/mol. The van der Waals surface area contributed by atoms with Crippen molar-refractivity contribution in [3.05, 3.63) is 70.8 Å². The molecule has 0 unspecified atom stereocenters. The lowest BCUT2D eigenvalue weighted by Crippen LogP contribution is -1.84. The molecule has 2 heterocycles. The van der Waals surface area contributed by atoms with Crippen LogP contribution < -0.4 is 0 Å². The molecule has 0 amide bonds. The van der Waals surface area contributed by atoms with E-state index in [0.717, 1.165) is 22.7 Å². The summed E-state index contributed by atoms with van der Waals surface area (Å²) in [5.41, 5.74) is 2.21. The summed E-state index contributed by atoms with van der Waals surface area (Å²) in [5.74, 6) is 1.49. The van der Waals surface area contributed by atoms with Crippen molar-refractivity contribution < 1.29 is 0 Å². The van der Waals surface area contributed by atoms with Gasteiger partial charge in [0.1, 0.15) is 11.0 Å². The molecule has 2 aromatic heterocycles. The van der Waals surface area contributed by atoms with E-state index in [4.69, 9.17) is 11.6 Å². The molecule has 4 nitrogen and oxygen atoms in total. The van der Waals surface area contributed by atoms with Crippen molar-refractivity contribution in [1.82, 2.24) is 20.2 Å². The van der Waals surface area contributed by atoms with Gasteiger partial charge in [0.05, 0.1) is 0 Å². The SMILES string of the molecule is Clc1ccc(CSc2n[nH]c(C=Cc3ccccc3)n2)cn1. The zero-order valence-corrected chi connectivity index (χ0v) is 13.2. The zero-order valence-electron chi connectivity index (χ0n) is 11.6. The third-order valence-electron chi connectivity index (χ3n) is 2.87. The Morgan fingerprint density at radius 2 is 1.95 bits per heavy atom. The van der Waals surface area contributed by atoms with Crippen molar-refractivity contribution in [3.8, 4) is 0 Å². The van der Waals surface area contributed by atoms with Crippen LogP contribution in [0.5, 0.6) is 0 Å². The highest BCUT2D eigenvalue weighted by Crippen LogP contribution is 2.19. The molecule has 0 fully saturated rings. The van der Waals surface area contributed by atoms with E-state index in [1.165, 1.54) is 0 Å². The number of nitrogens with zero attached hydrogens (tertiary/aromatic N) is 3. The van der Waals surface area contributed by atoms with Crippen LogP contribution in [0.4, 0.5) is 0 Å². The van der Waals surface area contributed by atoms with Crippen LogP contribution in [0, 0.1) is 0 Å². The third kappa shape index (κ3) is 4.19. The maximum absolute atomic E-state index is 5.76. The summed E-state index contributed by atoms with van der Waals surface area (Å²) in [7, 11) is 0. The van der Waals surface area contributed by atoms with Crippen LogP contribution in [0.2, 0.25) is 5.15 Å². The average Bonchev–Trinajstić information content (AvgIpc) is 3.01. The second kappa shape index (κ2) is 7.24. The molecule has 22 heavy (non-hydrogen) atoms. The van der Waals surface area contributed by atoms with Crippen molar-refractivity contribution in [2.75, 3.05) is 0 Å². The van der Waals surface area contributed by atoms with Crippen molar-refractivity contribution >= 4 is 35.5 Å². The Morgan fingerprint density at radius 1 is 1.09 bits per heavy atom. The fraction of sp³-hybridized carbons (Fsp3) is 0.0625. The lowest BCUT2D eigenvalue weighted by Gasteiger charge is -1.97. The number of halogens is 1. The van der Waals surface area contributed by atoms with Gasteiger partial charge in [-0.05, 0) is 23.3 Å². The van der Waals surface area contributed by atoms with Crippen LogP contribution in [-0.2, 0) is 5.75 Å². The van der Waals surface area contributed by atoms with E-state index in [0.29, 0.717) is 10.3 Å². The molecule has 0 bridgehead atoms. The molecule has 1 N–H and O–H groups in total. The first kappa shape index (κ1) is 14.8. The Morgan fingerprint density at radius 3 is 2.73 bits per heavy atom. The highest BCUT2D eigenvalue weighted by Gasteiger charge is 2.03. The van der Waals surface area contributed by atoms with E-state index in [1.54, 1.807) is 24.0 Å². The highest BCUT2D eigenvalue weighted by atomic mass is 35.5. The van der Waals surface area contributed by atoms with Crippen molar-refractivity contribution in [3.63, 3.8) is 0 Å². The monoisotopic (exact) mass is 328 g/mol. The molecular formula is C16H13ClN4S. The summed E-state index contributed by atoms with van der Waals surface area (Å²) in [6.07, 6.45) is 5.67. The van der Waals surface area contributed by atoms with E-state index in [1.807, 2.05) is 48.6 Å². The predicted octanol–water partition coefficient (Wildman–Crippen LogP) is 4.32. The summed E-state index contributed by atoms with van der Waals surface area (Å²) in [6.45, 7) is 0. The molecule has 0 saturated heterocycles. The third-order valence-corrected chi connectivity index (χ3v) is 4.01. The standard InChI is InChI=1S/C16H13ClN4S/c17-14-8-6-13(10-18-14)11-22-16-19-15(20-21-16)9-7-12-4-2-1-3-5-12/h1-10H,11H2,(H,19,20,21). The van der Waals surface area contributed by atoms with Gasteiger partial charge in [-0.15, -0.1) is 5.10 Å². The van der Waals surface area contributed by atoms with Gasteiger partial charge >= 0.3 is 0 Å². The zero-order chi connectivity index (χ0) is 15.2. The van der Waals surface area contributed by atoms with Crippen molar-refractivity contribution in [2.45, 2.75) is 10.9 Å². The fourth-order valence-corrected chi connectivity index (χ4v) is 2.63. The number of H-pyrrole nitrogens is 1. The summed E-state index contributed by atoms with van der Waals surface area (Å²) in [6, 6.07) is 13.8. The molecule has 0 radical (unpaired) electrons. The molecule has 0 atom stereocenters. The topological polar surface area (TPSA) is 54.5 Å². The summed E-state index contributed by atoms with van der Waals surface area (Å²) >= 11 is 7.31. The number of thioether (sulfide) groups is 1. The molecule has 0 spiro atoms. The smallest absolute Gasteiger partial charge is 0.209 e. The number of pyridine rings is 1. The lowest BCUT2D eigenvalue weighted by molar-refractivity contribution is 0.972. The van der Waals surface area contributed by atoms with Gasteiger partial charge in [-0.25, -0.2) is 9.97 Å². The largest absolute Gasteiger partial charge is 0.259 e. The van der Waals surface area contributed by atoms with E-state index in [2.05, 4.69) is 20.2 Å². The first-order chi connectivity index (χ1) is 10.8. The van der Waals surface area contributed by atoms with Crippen LogP contribution in [0.25, 0.3) is 12.2 Å². The van der Waals surface area contributed by atoms with Crippen LogP contribution in [0.1, 0.15) is 17.0 Å². The van der Waals surface area contributed by atoms with Crippen LogP contribution >= 0.6 is 23.4 Å². The van der Waals surface area contributed by atoms with E-state index in [-0.39, 0.29) is 0 Å². The Balaban J connectivity index is 1.59. The fourth-order valence-electron chi connectivity index (χ4n) is 1.78. The molecule has 0 saturated carbocycles.